The van der Waals surface area contributed by atoms with Crippen molar-refractivity contribution in [1.82, 2.24) is 15.3 Å². The summed E-state index contributed by atoms with van der Waals surface area (Å²) >= 11 is 6.52. The lowest BCUT2D eigenvalue weighted by atomic mass is 9.98. The van der Waals surface area contributed by atoms with E-state index >= 15 is 0 Å². The lowest BCUT2D eigenvalue weighted by Gasteiger charge is -2.24. The Morgan fingerprint density at radius 1 is 1.11 bits per heavy atom. The molecule has 45 heavy (non-hydrogen) atoms. The maximum absolute atomic E-state index is 13.4. The van der Waals surface area contributed by atoms with Gasteiger partial charge in [-0.3, -0.25) is 9.59 Å². The molecule has 1 aliphatic heterocycles. The zero-order chi connectivity index (χ0) is 32.7. The fourth-order valence-electron chi connectivity index (χ4n) is 5.09. The quantitative estimate of drug-likeness (QED) is 0.177. The molecule has 0 aliphatic carbocycles. The highest BCUT2D eigenvalue weighted by Gasteiger charge is 2.38. The number of pyridine rings is 2. The first-order chi connectivity index (χ1) is 21.3. The summed E-state index contributed by atoms with van der Waals surface area (Å²) in [4.78, 5) is 42.6. The fourth-order valence-corrected chi connectivity index (χ4v) is 5.34. The van der Waals surface area contributed by atoms with Crippen molar-refractivity contribution in [2.24, 2.45) is 0 Å². The van der Waals surface area contributed by atoms with Crippen LogP contribution in [0.2, 0.25) is 5.02 Å². The summed E-state index contributed by atoms with van der Waals surface area (Å²) in [6.07, 6.45) is 0.841. The van der Waals surface area contributed by atoms with Crippen molar-refractivity contribution in [2.45, 2.75) is 51.7 Å². The topological polar surface area (TPSA) is 133 Å². The Bertz CT molecular complexity index is 1720. The van der Waals surface area contributed by atoms with Crippen LogP contribution >= 0.6 is 11.6 Å². The number of hydrogen-bond acceptors (Lipinski definition) is 6. The number of carboxylic acid groups (broad SMARTS) is 1. The van der Waals surface area contributed by atoms with Gasteiger partial charge in [0.15, 0.2) is 0 Å². The van der Waals surface area contributed by atoms with Gasteiger partial charge in [0.2, 0.25) is 0 Å². The molecule has 1 aliphatic rings. The Morgan fingerprint density at radius 3 is 2.42 bits per heavy atom. The van der Waals surface area contributed by atoms with Crippen LogP contribution in [-0.4, -0.2) is 52.3 Å². The number of amides is 1. The molecular formula is C32H32ClF3N4O5. The predicted molar refractivity (Wildman–Crippen MR) is 166 cm³/mol. The van der Waals surface area contributed by atoms with E-state index in [1.165, 1.54) is 12.8 Å². The summed E-state index contributed by atoms with van der Waals surface area (Å²) in [5.41, 5.74) is 3.81. The second-order valence-corrected chi connectivity index (χ2v) is 11.1. The van der Waals surface area contributed by atoms with E-state index in [0.29, 0.717) is 40.7 Å². The van der Waals surface area contributed by atoms with E-state index in [1.54, 1.807) is 36.5 Å². The number of rotatable bonds is 7. The minimum Gasteiger partial charge on any atom is -0.492 e. The molecule has 3 heterocycles. The molecule has 1 unspecified atom stereocenters. The Balaban J connectivity index is 0.000000591. The maximum Gasteiger partial charge on any atom is 0.490 e. The van der Waals surface area contributed by atoms with Gasteiger partial charge in [-0.25, -0.2) is 9.78 Å². The van der Waals surface area contributed by atoms with Gasteiger partial charge in [-0.2, -0.15) is 13.2 Å². The number of halogens is 4. The monoisotopic (exact) mass is 644 g/mol. The molecule has 1 amide bonds. The van der Waals surface area contributed by atoms with Crippen molar-refractivity contribution in [3.05, 3.63) is 86.8 Å². The van der Waals surface area contributed by atoms with Crippen molar-refractivity contribution < 1.29 is 32.6 Å². The van der Waals surface area contributed by atoms with Crippen LogP contribution in [-0.2, 0) is 4.79 Å². The molecule has 0 spiro atoms. The van der Waals surface area contributed by atoms with Gasteiger partial charge in [0.05, 0.1) is 28.3 Å². The van der Waals surface area contributed by atoms with Gasteiger partial charge >= 0.3 is 12.1 Å². The first-order valence-corrected chi connectivity index (χ1v) is 14.6. The highest BCUT2D eigenvalue weighted by molar-refractivity contribution is 6.35. The molecule has 0 bridgehead atoms. The van der Waals surface area contributed by atoms with Crippen LogP contribution in [0, 0.1) is 13.8 Å². The molecule has 1 saturated heterocycles. The lowest BCUT2D eigenvalue weighted by Crippen LogP contribution is -2.35. The van der Waals surface area contributed by atoms with E-state index in [4.69, 9.17) is 26.2 Å². The number of aryl methyl sites for hydroxylation is 2. The van der Waals surface area contributed by atoms with E-state index in [-0.39, 0.29) is 16.1 Å². The van der Waals surface area contributed by atoms with Crippen molar-refractivity contribution in [1.29, 1.82) is 0 Å². The first-order valence-electron chi connectivity index (χ1n) is 14.2. The highest BCUT2D eigenvalue weighted by atomic mass is 35.5. The number of carbonyl (C=O) groups excluding carboxylic acids is 1. The number of anilines is 1. The SMILES string of the molecule is Cc1cc(C)cc(-c2c(OCCC3CCCCN3)c3cc(C(=O)Nc4ccccn4)c(Cl)cc3[nH]c2=O)c1.O=C(O)C(F)(F)F. The molecule has 4 N–H and O–H groups in total. The van der Waals surface area contributed by atoms with Gasteiger partial charge < -0.3 is 25.5 Å². The van der Waals surface area contributed by atoms with Crippen LogP contribution in [0.25, 0.3) is 22.0 Å². The zero-order valence-corrected chi connectivity index (χ0v) is 25.3. The van der Waals surface area contributed by atoms with Crippen molar-refractivity contribution in [3.63, 3.8) is 0 Å². The molecule has 0 saturated carbocycles. The lowest BCUT2D eigenvalue weighted by molar-refractivity contribution is -0.192. The predicted octanol–water partition coefficient (Wildman–Crippen LogP) is 6.66. The molecule has 1 fully saturated rings. The number of benzene rings is 2. The molecule has 2 aromatic heterocycles. The molecule has 238 valence electrons. The van der Waals surface area contributed by atoms with E-state index in [9.17, 15) is 22.8 Å². The number of nitrogens with one attached hydrogen (secondary N) is 3. The molecule has 4 aromatic rings. The number of hydrogen-bond donors (Lipinski definition) is 4. The van der Waals surface area contributed by atoms with Gasteiger partial charge in [-0.15, -0.1) is 0 Å². The fraction of sp³-hybridized carbons (Fsp3) is 0.312. The zero-order valence-electron chi connectivity index (χ0n) is 24.6. The molecule has 13 heteroatoms. The highest BCUT2D eigenvalue weighted by Crippen LogP contribution is 2.37. The number of H-pyrrole nitrogens is 1. The number of nitrogens with zero attached hydrogens (tertiary/aromatic N) is 1. The van der Waals surface area contributed by atoms with E-state index in [1.807, 2.05) is 26.0 Å². The van der Waals surface area contributed by atoms with Crippen LogP contribution in [0.4, 0.5) is 19.0 Å². The third kappa shape index (κ3) is 8.83. The standard InChI is InChI=1S/C30H31ClN4O3.C2HF3O2/c1-18-13-19(2)15-20(14-18)27-28(38-12-9-21-7-3-5-10-32-21)23-16-22(24(31)17-25(23)34-30(27)37)29(36)35-26-8-4-6-11-33-26;3-2(4,5)1(6)7/h4,6,8,11,13-17,21,32H,3,5,7,9-10,12H2,1-2H3,(H,34,37)(H,33,35,36);(H,6,7). The van der Waals surface area contributed by atoms with E-state index in [2.05, 4.69) is 26.7 Å². The number of fused-ring (bicyclic) bond motifs is 1. The maximum atomic E-state index is 13.4. The van der Waals surface area contributed by atoms with E-state index in [0.717, 1.165) is 36.1 Å². The number of aromatic nitrogens is 2. The van der Waals surface area contributed by atoms with Gasteiger partial charge in [0.25, 0.3) is 11.5 Å². The number of alkyl halides is 3. The summed E-state index contributed by atoms with van der Waals surface area (Å²) in [5.74, 6) is -2.28. The molecule has 0 radical (unpaired) electrons. The van der Waals surface area contributed by atoms with Crippen LogP contribution in [0.15, 0.2) is 59.5 Å². The Kier molecular flexibility index (Phi) is 10.8. The average Bonchev–Trinajstić information content (AvgIpc) is 2.97. The molecule has 9 nitrogen and oxygen atoms in total. The summed E-state index contributed by atoms with van der Waals surface area (Å²) in [6, 6.07) is 15.0. The van der Waals surface area contributed by atoms with Gasteiger partial charge in [-0.05, 0) is 69.5 Å². The Hall–Kier alpha value is -4.42. The van der Waals surface area contributed by atoms with Crippen LogP contribution in [0.1, 0.15) is 47.2 Å². The summed E-state index contributed by atoms with van der Waals surface area (Å²) in [5, 5.41) is 14.3. The minimum absolute atomic E-state index is 0.220. The minimum atomic E-state index is -5.08. The summed E-state index contributed by atoms with van der Waals surface area (Å²) in [6.45, 7) is 5.45. The number of ether oxygens (including phenoxy) is 1. The van der Waals surface area contributed by atoms with Gasteiger partial charge in [0.1, 0.15) is 11.6 Å². The number of piperidine rings is 1. The Labute approximate surface area is 261 Å². The Morgan fingerprint density at radius 2 is 1.82 bits per heavy atom. The normalized spacial score (nSPS) is 14.8. The van der Waals surface area contributed by atoms with Crippen LogP contribution < -0.4 is 20.9 Å². The summed E-state index contributed by atoms with van der Waals surface area (Å²) < 4.78 is 38.2. The van der Waals surface area contributed by atoms with Crippen molar-refractivity contribution in [2.75, 3.05) is 18.5 Å². The molecule has 5 rings (SSSR count). The third-order valence-electron chi connectivity index (χ3n) is 7.08. The first kappa shape index (κ1) is 33.5. The van der Waals surface area contributed by atoms with Crippen LogP contribution in [0.3, 0.4) is 0 Å². The number of carboxylic acids is 1. The number of aliphatic carboxylic acids is 1. The molecule has 2 aromatic carbocycles. The largest absolute Gasteiger partial charge is 0.492 e. The van der Waals surface area contributed by atoms with Gasteiger partial charge in [0, 0.05) is 17.6 Å². The van der Waals surface area contributed by atoms with Gasteiger partial charge in [-0.1, -0.05) is 53.4 Å². The number of aromatic amines is 1. The van der Waals surface area contributed by atoms with Crippen molar-refractivity contribution in [3.8, 4) is 16.9 Å². The number of carbonyl (C=O) groups is 2. The average molecular weight is 645 g/mol. The third-order valence-corrected chi connectivity index (χ3v) is 7.40. The summed E-state index contributed by atoms with van der Waals surface area (Å²) in [7, 11) is 0. The van der Waals surface area contributed by atoms with E-state index < -0.39 is 18.1 Å². The smallest absolute Gasteiger partial charge is 0.490 e. The second-order valence-electron chi connectivity index (χ2n) is 10.7. The molecule has 1 atom stereocenters. The molecular weight excluding hydrogens is 613 g/mol. The second kappa shape index (κ2) is 14.6. The van der Waals surface area contributed by atoms with Crippen molar-refractivity contribution >= 4 is 40.2 Å². The van der Waals surface area contributed by atoms with Crippen LogP contribution in [0.5, 0.6) is 5.75 Å².